The van der Waals surface area contributed by atoms with Crippen molar-refractivity contribution in [1.82, 2.24) is 35.5 Å². The Hall–Kier alpha value is -2.31. The van der Waals surface area contributed by atoms with Gasteiger partial charge in [0.25, 0.3) is 0 Å². The lowest BCUT2D eigenvalue weighted by Crippen LogP contribution is -2.37. The van der Waals surface area contributed by atoms with E-state index < -0.39 is 12.2 Å². The van der Waals surface area contributed by atoms with Crippen molar-refractivity contribution in [1.29, 1.82) is 0 Å². The largest absolute Gasteiger partial charge is 0.441 e. The lowest BCUT2D eigenvalue weighted by Gasteiger charge is -2.17. The van der Waals surface area contributed by atoms with Crippen LogP contribution in [0.5, 0.6) is 0 Å². The quantitative estimate of drug-likeness (QED) is 0.713. The molecular weight excluding hydrogens is 362 g/mol. The first-order valence-electron chi connectivity index (χ1n) is 8.16. The second-order valence-electron chi connectivity index (χ2n) is 5.68. The fourth-order valence-electron chi connectivity index (χ4n) is 2.96. The molecule has 4 heterocycles. The van der Waals surface area contributed by atoms with Crippen LogP contribution in [0.4, 0.5) is 4.79 Å². The zero-order valence-corrected chi connectivity index (χ0v) is 14.7. The predicted octanol–water partition coefficient (Wildman–Crippen LogP) is 0.0677. The van der Waals surface area contributed by atoms with E-state index in [4.69, 9.17) is 14.2 Å². The summed E-state index contributed by atoms with van der Waals surface area (Å²) in [5.74, 6) is 0. The molecule has 0 spiro atoms. The van der Waals surface area contributed by atoms with Crippen LogP contribution in [0, 0.1) is 0 Å². The number of carbonyl (C=O) groups is 1. The van der Waals surface area contributed by atoms with Crippen LogP contribution < -0.4 is 5.32 Å². The first kappa shape index (κ1) is 17.1. The molecule has 12 heteroatoms. The van der Waals surface area contributed by atoms with E-state index in [1.807, 2.05) is 6.92 Å². The third kappa shape index (κ3) is 3.34. The molecule has 2 aliphatic rings. The van der Waals surface area contributed by atoms with Gasteiger partial charge >= 0.3 is 6.09 Å². The summed E-state index contributed by atoms with van der Waals surface area (Å²) in [7, 11) is 0. The molecule has 26 heavy (non-hydrogen) atoms. The van der Waals surface area contributed by atoms with Crippen molar-refractivity contribution in [2.24, 2.45) is 0 Å². The Labute approximate surface area is 152 Å². The summed E-state index contributed by atoms with van der Waals surface area (Å²) in [5.41, 5.74) is 0. The highest BCUT2D eigenvalue weighted by molar-refractivity contribution is 7.99. The topological polar surface area (TPSA) is 126 Å². The van der Waals surface area contributed by atoms with Gasteiger partial charge in [-0.25, -0.2) is 19.4 Å². The van der Waals surface area contributed by atoms with Crippen LogP contribution >= 0.6 is 11.8 Å². The summed E-state index contributed by atoms with van der Waals surface area (Å²) in [6.45, 7) is 2.95. The summed E-state index contributed by atoms with van der Waals surface area (Å²) in [6.07, 6.45) is 1.73. The normalized spacial score (nSPS) is 27.3. The molecule has 0 bridgehead atoms. The molecule has 1 N–H and O–H groups in total. The van der Waals surface area contributed by atoms with Crippen LogP contribution in [0.2, 0.25) is 0 Å². The monoisotopic (exact) mass is 379 g/mol. The Morgan fingerprint density at radius 3 is 2.96 bits per heavy atom. The van der Waals surface area contributed by atoms with E-state index in [1.165, 1.54) is 11.8 Å². The average molecular weight is 379 g/mol. The van der Waals surface area contributed by atoms with Crippen LogP contribution in [0.1, 0.15) is 13.0 Å². The van der Waals surface area contributed by atoms with Gasteiger partial charge in [0.15, 0.2) is 11.3 Å². The fraction of sp³-hybridized carbons (Fsp3) is 0.571. The molecule has 4 atom stereocenters. The number of aromatic nitrogens is 6. The molecule has 1 amide bonds. The molecule has 2 saturated heterocycles. The van der Waals surface area contributed by atoms with Gasteiger partial charge in [-0.05, 0) is 35.2 Å². The van der Waals surface area contributed by atoms with E-state index in [2.05, 4.69) is 30.8 Å². The van der Waals surface area contributed by atoms with E-state index in [0.717, 1.165) is 0 Å². The van der Waals surface area contributed by atoms with Crippen molar-refractivity contribution in [3.05, 3.63) is 18.5 Å². The molecule has 2 aromatic rings. The van der Waals surface area contributed by atoms with Gasteiger partial charge < -0.3 is 19.5 Å². The van der Waals surface area contributed by atoms with E-state index in [-0.39, 0.29) is 24.9 Å². The summed E-state index contributed by atoms with van der Waals surface area (Å²) < 4.78 is 18.7. The van der Waals surface area contributed by atoms with Crippen molar-refractivity contribution >= 4 is 17.9 Å². The standard InChI is InChI=1S/C14H17N7O4S/c1-2-15-14(22)25-9-7-24-10-8(6-23-11(9)10)21-13(18-19-20-21)26-12-16-4-3-5-17-12/h3-5,8-11H,2,6-7H2,1H3,(H,15,22). The molecule has 2 fully saturated rings. The number of ether oxygens (including phenoxy) is 3. The van der Waals surface area contributed by atoms with Crippen molar-refractivity contribution < 1.29 is 19.0 Å². The van der Waals surface area contributed by atoms with Crippen molar-refractivity contribution in [2.45, 2.75) is 41.6 Å². The second-order valence-corrected chi connectivity index (χ2v) is 6.61. The number of hydrogen-bond acceptors (Lipinski definition) is 10. The highest BCUT2D eigenvalue weighted by atomic mass is 32.2. The zero-order valence-electron chi connectivity index (χ0n) is 13.9. The molecule has 4 rings (SSSR count). The third-order valence-corrected chi connectivity index (χ3v) is 4.91. The van der Waals surface area contributed by atoms with E-state index in [1.54, 1.807) is 23.1 Å². The number of amides is 1. The van der Waals surface area contributed by atoms with Crippen LogP contribution in [0.15, 0.2) is 28.8 Å². The number of nitrogens with zero attached hydrogens (tertiary/aromatic N) is 6. The van der Waals surface area contributed by atoms with Gasteiger partial charge in [-0.3, -0.25) is 0 Å². The Kier molecular flexibility index (Phi) is 4.95. The maximum atomic E-state index is 11.7. The van der Waals surface area contributed by atoms with Crippen molar-refractivity contribution in [3.8, 4) is 0 Å². The molecule has 0 saturated carbocycles. The minimum absolute atomic E-state index is 0.218. The Morgan fingerprint density at radius 1 is 1.35 bits per heavy atom. The van der Waals surface area contributed by atoms with Gasteiger partial charge in [-0.15, -0.1) is 5.10 Å². The van der Waals surface area contributed by atoms with Gasteiger partial charge in [-0.2, -0.15) is 0 Å². The number of hydrogen-bond donors (Lipinski definition) is 1. The maximum Gasteiger partial charge on any atom is 0.407 e. The first-order chi connectivity index (χ1) is 12.8. The number of rotatable bonds is 5. The number of nitrogens with one attached hydrogen (secondary N) is 1. The van der Waals surface area contributed by atoms with Crippen molar-refractivity contribution in [3.63, 3.8) is 0 Å². The Balaban J connectivity index is 1.46. The second kappa shape index (κ2) is 7.51. The number of fused-ring (bicyclic) bond motifs is 1. The lowest BCUT2D eigenvalue weighted by atomic mass is 10.1. The van der Waals surface area contributed by atoms with E-state index in [9.17, 15) is 4.79 Å². The van der Waals surface area contributed by atoms with E-state index >= 15 is 0 Å². The molecule has 0 aliphatic carbocycles. The fourth-order valence-corrected chi connectivity index (χ4v) is 3.69. The molecule has 2 aliphatic heterocycles. The summed E-state index contributed by atoms with van der Waals surface area (Å²) in [6, 6.07) is 1.52. The first-order valence-corrected chi connectivity index (χ1v) is 8.98. The van der Waals surface area contributed by atoms with Gasteiger partial charge in [0.2, 0.25) is 5.16 Å². The highest BCUT2D eigenvalue weighted by Crippen LogP contribution is 2.37. The van der Waals surface area contributed by atoms with Crippen LogP contribution in [0.25, 0.3) is 0 Å². The summed E-state index contributed by atoms with van der Waals surface area (Å²) in [5, 5.41) is 15.5. The number of tetrazole rings is 1. The van der Waals surface area contributed by atoms with Gasteiger partial charge in [0.05, 0.1) is 13.2 Å². The van der Waals surface area contributed by atoms with Gasteiger partial charge in [0, 0.05) is 18.9 Å². The third-order valence-electron chi connectivity index (χ3n) is 4.06. The van der Waals surface area contributed by atoms with Crippen LogP contribution in [-0.4, -0.2) is 74.3 Å². The maximum absolute atomic E-state index is 11.7. The number of carbonyl (C=O) groups excluding carboxylic acids is 1. The molecule has 4 unspecified atom stereocenters. The number of alkyl carbamates (subject to hydrolysis) is 1. The Morgan fingerprint density at radius 2 is 2.15 bits per heavy atom. The zero-order chi connectivity index (χ0) is 17.9. The lowest BCUT2D eigenvalue weighted by molar-refractivity contribution is 0.00298. The average Bonchev–Trinajstić information content (AvgIpc) is 3.34. The molecular formula is C14H17N7O4S. The highest BCUT2D eigenvalue weighted by Gasteiger charge is 2.51. The summed E-state index contributed by atoms with van der Waals surface area (Å²) >= 11 is 1.26. The molecule has 0 aromatic carbocycles. The van der Waals surface area contributed by atoms with Gasteiger partial charge in [0.1, 0.15) is 18.2 Å². The Bertz CT molecular complexity index is 761. The van der Waals surface area contributed by atoms with Crippen LogP contribution in [0.3, 0.4) is 0 Å². The summed E-state index contributed by atoms with van der Waals surface area (Å²) in [4.78, 5) is 20.0. The molecule has 11 nitrogen and oxygen atoms in total. The van der Waals surface area contributed by atoms with E-state index in [0.29, 0.717) is 23.5 Å². The molecule has 138 valence electrons. The molecule has 2 aromatic heterocycles. The van der Waals surface area contributed by atoms with Crippen molar-refractivity contribution in [2.75, 3.05) is 19.8 Å². The van der Waals surface area contributed by atoms with Gasteiger partial charge in [-0.1, -0.05) is 0 Å². The minimum atomic E-state index is -0.478. The SMILES string of the molecule is CCNC(=O)OC1COC2C1OCC2n1nnnc1Sc1ncccn1. The molecule has 0 radical (unpaired) electrons. The minimum Gasteiger partial charge on any atom is -0.441 e. The predicted molar refractivity (Wildman–Crippen MR) is 86.4 cm³/mol. The van der Waals surface area contributed by atoms with Crippen LogP contribution in [-0.2, 0) is 14.2 Å². The smallest absolute Gasteiger partial charge is 0.407 e.